The Bertz CT molecular complexity index is 336. The van der Waals surface area contributed by atoms with Gasteiger partial charge in [-0.05, 0) is 32.6 Å². The molecule has 2 aliphatic rings. The van der Waals surface area contributed by atoms with Crippen molar-refractivity contribution < 1.29 is 19.1 Å². The van der Waals surface area contributed by atoms with Crippen molar-refractivity contribution in [3.8, 4) is 0 Å². The molecular weight excluding hydrogens is 232 g/mol. The predicted octanol–water partition coefficient (Wildman–Crippen LogP) is 2.54. The number of ether oxygens (including phenoxy) is 2. The van der Waals surface area contributed by atoms with Crippen molar-refractivity contribution in [2.24, 2.45) is 0 Å². The number of carbonyl (C=O) groups is 2. The number of hydrogen-bond donors (Lipinski definition) is 0. The molecule has 100 valence electrons. The molecule has 2 heterocycles. The highest BCUT2D eigenvalue weighted by Gasteiger charge is 2.21. The first-order valence-electron chi connectivity index (χ1n) is 6.31. The number of carbonyl (C=O) groups excluding carboxylic acids is 2. The van der Waals surface area contributed by atoms with Crippen molar-refractivity contribution >= 4 is 11.9 Å². The summed E-state index contributed by atoms with van der Waals surface area (Å²) in [6, 6.07) is 0. The molecule has 0 aromatic carbocycles. The third-order valence-corrected chi connectivity index (χ3v) is 2.87. The van der Waals surface area contributed by atoms with Crippen LogP contribution in [0, 0.1) is 0 Å². The van der Waals surface area contributed by atoms with Gasteiger partial charge in [0.1, 0.15) is 6.10 Å². The Morgan fingerprint density at radius 2 is 2.06 bits per heavy atom. The van der Waals surface area contributed by atoms with Crippen LogP contribution in [-0.2, 0) is 19.1 Å². The van der Waals surface area contributed by atoms with Crippen LogP contribution in [0.3, 0.4) is 0 Å². The highest BCUT2D eigenvalue weighted by Crippen LogP contribution is 2.19. The highest BCUT2D eigenvalue weighted by atomic mass is 16.5. The van der Waals surface area contributed by atoms with Crippen LogP contribution in [0.1, 0.15) is 39.0 Å². The normalized spacial score (nSPS) is 25.6. The smallest absolute Gasteiger partial charge is 0.334 e. The van der Waals surface area contributed by atoms with Crippen molar-refractivity contribution in [3.63, 3.8) is 0 Å². The minimum absolute atomic E-state index is 0.0359. The molecule has 0 amide bonds. The summed E-state index contributed by atoms with van der Waals surface area (Å²) < 4.78 is 9.65. The van der Waals surface area contributed by atoms with Gasteiger partial charge in [0.2, 0.25) is 0 Å². The molecule has 0 saturated carbocycles. The van der Waals surface area contributed by atoms with E-state index in [1.54, 1.807) is 6.08 Å². The van der Waals surface area contributed by atoms with Crippen molar-refractivity contribution in [3.05, 3.63) is 24.3 Å². The van der Waals surface area contributed by atoms with Gasteiger partial charge in [0, 0.05) is 12.0 Å². The maximum atomic E-state index is 11.1. The van der Waals surface area contributed by atoms with Crippen LogP contribution < -0.4 is 0 Å². The largest absolute Gasteiger partial charge is 0.466 e. The molecule has 2 saturated heterocycles. The van der Waals surface area contributed by atoms with Gasteiger partial charge in [-0.15, -0.1) is 0 Å². The van der Waals surface area contributed by atoms with Gasteiger partial charge in [0.05, 0.1) is 6.61 Å². The molecule has 0 spiro atoms. The minimum Gasteiger partial charge on any atom is -0.466 e. The standard InChI is InChI=1S/C9H12O2.C5H8O2/c1-3-7-5-6-8(4-2)11-9(7)10;6-5-3-1-2-4-7-5/h3-4,8H,2,5-6H2,1H3;1-4H2. The number of esters is 2. The second-order valence-electron chi connectivity index (χ2n) is 4.21. The summed E-state index contributed by atoms with van der Waals surface area (Å²) in [7, 11) is 0. The van der Waals surface area contributed by atoms with Crippen LogP contribution in [0.25, 0.3) is 0 Å². The molecule has 0 bridgehead atoms. The van der Waals surface area contributed by atoms with E-state index >= 15 is 0 Å². The molecule has 0 N–H and O–H groups in total. The summed E-state index contributed by atoms with van der Waals surface area (Å²) in [5, 5.41) is 0. The van der Waals surface area contributed by atoms with E-state index in [1.807, 2.05) is 13.0 Å². The van der Waals surface area contributed by atoms with Gasteiger partial charge < -0.3 is 9.47 Å². The molecule has 0 aromatic heterocycles. The number of rotatable bonds is 1. The average Bonchev–Trinajstić information content (AvgIpc) is 2.40. The summed E-state index contributed by atoms with van der Waals surface area (Å²) >= 11 is 0. The zero-order valence-corrected chi connectivity index (χ0v) is 10.8. The van der Waals surface area contributed by atoms with E-state index in [9.17, 15) is 9.59 Å². The SMILES string of the molecule is C=CC1CCC(=CC)C(=O)O1.O=C1CCCCO1. The summed E-state index contributed by atoms with van der Waals surface area (Å²) in [5.41, 5.74) is 0.781. The Balaban J connectivity index is 0.000000199. The molecule has 0 radical (unpaired) electrons. The van der Waals surface area contributed by atoms with Gasteiger partial charge in [-0.1, -0.05) is 18.7 Å². The lowest BCUT2D eigenvalue weighted by atomic mass is 10.0. The van der Waals surface area contributed by atoms with Gasteiger partial charge in [-0.25, -0.2) is 4.79 Å². The molecule has 1 atom stereocenters. The van der Waals surface area contributed by atoms with Crippen LogP contribution in [0.2, 0.25) is 0 Å². The van der Waals surface area contributed by atoms with Crippen molar-refractivity contribution in [2.45, 2.75) is 45.1 Å². The Morgan fingerprint density at radius 1 is 1.28 bits per heavy atom. The van der Waals surface area contributed by atoms with Crippen LogP contribution >= 0.6 is 0 Å². The molecule has 4 nitrogen and oxygen atoms in total. The first-order chi connectivity index (χ1) is 8.67. The topological polar surface area (TPSA) is 52.6 Å². The van der Waals surface area contributed by atoms with Gasteiger partial charge in [0.25, 0.3) is 0 Å². The van der Waals surface area contributed by atoms with Crippen molar-refractivity contribution in [2.75, 3.05) is 6.61 Å². The van der Waals surface area contributed by atoms with Crippen molar-refractivity contribution in [1.29, 1.82) is 0 Å². The zero-order valence-electron chi connectivity index (χ0n) is 10.8. The highest BCUT2D eigenvalue weighted by molar-refractivity contribution is 5.89. The zero-order chi connectivity index (χ0) is 13.4. The molecule has 4 heteroatoms. The Morgan fingerprint density at radius 3 is 2.44 bits per heavy atom. The van der Waals surface area contributed by atoms with Gasteiger partial charge >= 0.3 is 11.9 Å². The molecule has 2 aliphatic heterocycles. The van der Waals surface area contributed by atoms with E-state index in [1.165, 1.54) is 0 Å². The summed E-state index contributed by atoms with van der Waals surface area (Å²) in [4.78, 5) is 21.3. The fourth-order valence-corrected chi connectivity index (χ4v) is 1.73. The second kappa shape index (κ2) is 7.69. The molecule has 1 unspecified atom stereocenters. The predicted molar refractivity (Wildman–Crippen MR) is 67.9 cm³/mol. The van der Waals surface area contributed by atoms with E-state index in [-0.39, 0.29) is 18.0 Å². The quantitative estimate of drug-likeness (QED) is 0.409. The molecule has 2 fully saturated rings. The average molecular weight is 252 g/mol. The number of cyclic esters (lactones) is 2. The van der Waals surface area contributed by atoms with Gasteiger partial charge in [0.15, 0.2) is 0 Å². The molecule has 0 aliphatic carbocycles. The molecule has 2 rings (SSSR count). The van der Waals surface area contributed by atoms with Crippen molar-refractivity contribution in [1.82, 2.24) is 0 Å². The lowest BCUT2D eigenvalue weighted by molar-refractivity contribution is -0.147. The Kier molecular flexibility index (Phi) is 6.19. The molecule has 0 aromatic rings. The maximum Gasteiger partial charge on any atom is 0.334 e. The fourth-order valence-electron chi connectivity index (χ4n) is 1.73. The number of allylic oxidation sites excluding steroid dienone is 1. The second-order valence-corrected chi connectivity index (χ2v) is 4.21. The summed E-state index contributed by atoms with van der Waals surface area (Å²) in [6.07, 6.45) is 7.77. The van der Waals surface area contributed by atoms with Crippen LogP contribution in [-0.4, -0.2) is 24.6 Å². The third kappa shape index (κ3) is 4.73. The number of hydrogen-bond acceptors (Lipinski definition) is 4. The Hall–Kier alpha value is -1.58. The van der Waals surface area contributed by atoms with E-state index in [0.717, 1.165) is 31.3 Å². The van der Waals surface area contributed by atoms with E-state index in [0.29, 0.717) is 13.0 Å². The van der Waals surface area contributed by atoms with Crippen LogP contribution in [0.4, 0.5) is 0 Å². The monoisotopic (exact) mass is 252 g/mol. The van der Waals surface area contributed by atoms with E-state index < -0.39 is 0 Å². The van der Waals surface area contributed by atoms with E-state index in [4.69, 9.17) is 4.74 Å². The maximum absolute atomic E-state index is 11.1. The first kappa shape index (κ1) is 14.5. The third-order valence-electron chi connectivity index (χ3n) is 2.87. The lowest BCUT2D eigenvalue weighted by Gasteiger charge is -2.20. The van der Waals surface area contributed by atoms with Gasteiger partial charge in [-0.2, -0.15) is 0 Å². The van der Waals surface area contributed by atoms with Crippen LogP contribution in [0.15, 0.2) is 24.3 Å². The van der Waals surface area contributed by atoms with Crippen LogP contribution in [0.5, 0.6) is 0 Å². The Labute approximate surface area is 108 Å². The summed E-state index contributed by atoms with van der Waals surface area (Å²) in [5.74, 6) is -0.227. The lowest BCUT2D eigenvalue weighted by Crippen LogP contribution is -2.23. The molecule has 18 heavy (non-hydrogen) atoms. The minimum atomic E-state index is -0.191. The first-order valence-corrected chi connectivity index (χ1v) is 6.31. The van der Waals surface area contributed by atoms with Gasteiger partial charge in [-0.3, -0.25) is 4.79 Å². The fraction of sp³-hybridized carbons (Fsp3) is 0.571. The van der Waals surface area contributed by atoms with E-state index in [2.05, 4.69) is 11.3 Å². The summed E-state index contributed by atoms with van der Waals surface area (Å²) in [6.45, 7) is 6.06. The molecular formula is C14H20O4.